The van der Waals surface area contributed by atoms with Gasteiger partial charge in [-0.15, -0.1) is 0 Å². The van der Waals surface area contributed by atoms with Crippen molar-refractivity contribution in [2.45, 2.75) is 50.6 Å². The predicted molar refractivity (Wildman–Crippen MR) is 88.7 cm³/mol. The molecule has 6 heteroatoms. The minimum Gasteiger partial charge on any atom is -0.375 e. The van der Waals surface area contributed by atoms with E-state index in [0.717, 1.165) is 24.9 Å². The number of hydroxylamine groups is 1. The van der Waals surface area contributed by atoms with Gasteiger partial charge in [-0.2, -0.15) is 0 Å². The van der Waals surface area contributed by atoms with Crippen molar-refractivity contribution < 1.29 is 14.8 Å². The van der Waals surface area contributed by atoms with Crippen molar-refractivity contribution in [1.29, 1.82) is 0 Å². The summed E-state index contributed by atoms with van der Waals surface area (Å²) < 4.78 is 0. The first-order valence-corrected chi connectivity index (χ1v) is 8.22. The predicted octanol–water partition coefficient (Wildman–Crippen LogP) is 2.10. The molecule has 0 aliphatic heterocycles. The number of rotatable bonds is 8. The zero-order valence-corrected chi connectivity index (χ0v) is 13.3. The van der Waals surface area contributed by atoms with Crippen LogP contribution in [0.5, 0.6) is 0 Å². The number of carbonyl (C=O) groups is 2. The van der Waals surface area contributed by atoms with Crippen LogP contribution in [-0.2, 0) is 4.79 Å². The standard InChI is InChI=1S/C17H25N3O3/c21-12-16(10-11-18-14-4-2-1-3-5-14)19-15-8-6-13(7-9-15)17(22)20-23/h6-9,12,14,16,18-19,23H,1-5,10-11H2,(H,20,22). The first-order chi connectivity index (χ1) is 11.2. The lowest BCUT2D eigenvalue weighted by Gasteiger charge is -2.23. The average molecular weight is 319 g/mol. The third-order valence-corrected chi connectivity index (χ3v) is 4.26. The van der Waals surface area contributed by atoms with E-state index in [1.165, 1.54) is 32.1 Å². The molecule has 0 radical (unpaired) electrons. The van der Waals surface area contributed by atoms with Gasteiger partial charge in [0.15, 0.2) is 0 Å². The first-order valence-electron chi connectivity index (χ1n) is 8.22. The van der Waals surface area contributed by atoms with E-state index in [0.29, 0.717) is 11.6 Å². The number of amides is 1. The van der Waals surface area contributed by atoms with Gasteiger partial charge in [-0.1, -0.05) is 19.3 Å². The Bertz CT molecular complexity index is 498. The molecule has 0 heterocycles. The Labute approximate surface area is 136 Å². The summed E-state index contributed by atoms with van der Waals surface area (Å²) in [5.74, 6) is -0.555. The molecule has 1 aromatic rings. The highest BCUT2D eigenvalue weighted by Crippen LogP contribution is 2.17. The number of benzene rings is 1. The van der Waals surface area contributed by atoms with Crippen molar-refractivity contribution in [2.24, 2.45) is 0 Å². The van der Waals surface area contributed by atoms with E-state index >= 15 is 0 Å². The molecule has 126 valence electrons. The smallest absolute Gasteiger partial charge is 0.274 e. The van der Waals surface area contributed by atoms with Gasteiger partial charge in [-0.05, 0) is 50.1 Å². The molecule has 1 unspecified atom stereocenters. The summed E-state index contributed by atoms with van der Waals surface area (Å²) >= 11 is 0. The zero-order chi connectivity index (χ0) is 16.5. The molecule has 4 N–H and O–H groups in total. The Kier molecular flexibility index (Phi) is 7.03. The Morgan fingerprint density at radius 1 is 1.22 bits per heavy atom. The highest BCUT2D eigenvalue weighted by atomic mass is 16.5. The molecular formula is C17H25N3O3. The monoisotopic (exact) mass is 319 g/mol. The largest absolute Gasteiger partial charge is 0.375 e. The van der Waals surface area contributed by atoms with Gasteiger partial charge in [0, 0.05) is 17.3 Å². The van der Waals surface area contributed by atoms with Crippen LogP contribution < -0.4 is 16.1 Å². The molecule has 6 nitrogen and oxygen atoms in total. The van der Waals surface area contributed by atoms with Crippen LogP contribution in [0.4, 0.5) is 5.69 Å². The summed E-state index contributed by atoms with van der Waals surface area (Å²) in [6, 6.07) is 6.95. The van der Waals surface area contributed by atoms with E-state index in [9.17, 15) is 9.59 Å². The van der Waals surface area contributed by atoms with Crippen molar-refractivity contribution in [1.82, 2.24) is 10.8 Å². The minimum atomic E-state index is -0.555. The van der Waals surface area contributed by atoms with Crippen molar-refractivity contribution >= 4 is 17.9 Å². The summed E-state index contributed by atoms with van der Waals surface area (Å²) in [4.78, 5) is 22.5. The summed E-state index contributed by atoms with van der Waals surface area (Å²) in [5, 5.41) is 15.2. The molecule has 0 spiro atoms. The second-order valence-electron chi connectivity index (χ2n) is 5.98. The van der Waals surface area contributed by atoms with Gasteiger partial charge in [0.1, 0.15) is 6.29 Å². The van der Waals surface area contributed by atoms with Crippen molar-refractivity contribution in [3.63, 3.8) is 0 Å². The van der Waals surface area contributed by atoms with Crippen molar-refractivity contribution in [2.75, 3.05) is 11.9 Å². The normalized spacial score (nSPS) is 16.6. The molecule has 2 rings (SSSR count). The Hall–Kier alpha value is -1.92. The maximum atomic E-state index is 11.2. The van der Waals surface area contributed by atoms with Gasteiger partial charge in [-0.3, -0.25) is 10.0 Å². The fourth-order valence-corrected chi connectivity index (χ4v) is 2.92. The van der Waals surface area contributed by atoms with Gasteiger partial charge in [0.25, 0.3) is 5.91 Å². The number of carbonyl (C=O) groups excluding carboxylic acids is 2. The molecule has 1 fully saturated rings. The van der Waals surface area contributed by atoms with Gasteiger partial charge in [-0.25, -0.2) is 5.48 Å². The van der Waals surface area contributed by atoms with Crippen LogP contribution in [-0.4, -0.2) is 36.0 Å². The fourth-order valence-electron chi connectivity index (χ4n) is 2.92. The maximum Gasteiger partial charge on any atom is 0.274 e. The molecule has 1 aromatic carbocycles. The Morgan fingerprint density at radius 2 is 1.91 bits per heavy atom. The number of nitrogens with one attached hydrogen (secondary N) is 3. The van der Waals surface area contributed by atoms with E-state index in [2.05, 4.69) is 10.6 Å². The van der Waals surface area contributed by atoms with Gasteiger partial charge in [0.2, 0.25) is 0 Å². The first kappa shape index (κ1) is 17.4. The second-order valence-corrected chi connectivity index (χ2v) is 5.98. The Balaban J connectivity index is 1.77. The lowest BCUT2D eigenvalue weighted by Crippen LogP contribution is -2.35. The molecule has 0 bridgehead atoms. The van der Waals surface area contributed by atoms with E-state index < -0.39 is 5.91 Å². The SMILES string of the molecule is O=CC(CCNC1CCCCC1)Nc1ccc(C(=O)NO)cc1. The van der Waals surface area contributed by atoms with E-state index in [-0.39, 0.29) is 6.04 Å². The third kappa shape index (κ3) is 5.65. The molecule has 1 amide bonds. The van der Waals surface area contributed by atoms with E-state index in [4.69, 9.17) is 5.21 Å². The highest BCUT2D eigenvalue weighted by Gasteiger charge is 2.14. The zero-order valence-electron chi connectivity index (χ0n) is 13.3. The highest BCUT2D eigenvalue weighted by molar-refractivity contribution is 5.93. The molecule has 0 saturated heterocycles. The summed E-state index contributed by atoms with van der Waals surface area (Å²) in [6.07, 6.45) is 8.01. The van der Waals surface area contributed by atoms with Crippen LogP contribution in [0.2, 0.25) is 0 Å². The topological polar surface area (TPSA) is 90.5 Å². The van der Waals surface area contributed by atoms with E-state index in [1.54, 1.807) is 29.7 Å². The van der Waals surface area contributed by atoms with Gasteiger partial charge < -0.3 is 15.4 Å². The summed E-state index contributed by atoms with van der Waals surface area (Å²) in [5.41, 5.74) is 2.72. The van der Waals surface area contributed by atoms with Crippen LogP contribution in [0.1, 0.15) is 48.9 Å². The van der Waals surface area contributed by atoms with Crippen LogP contribution >= 0.6 is 0 Å². The molecule has 23 heavy (non-hydrogen) atoms. The number of anilines is 1. The van der Waals surface area contributed by atoms with Crippen LogP contribution in [0.3, 0.4) is 0 Å². The molecule has 1 aliphatic rings. The second kappa shape index (κ2) is 9.27. The third-order valence-electron chi connectivity index (χ3n) is 4.26. The van der Waals surface area contributed by atoms with Gasteiger partial charge in [0.05, 0.1) is 6.04 Å². The summed E-state index contributed by atoms with van der Waals surface area (Å²) in [7, 11) is 0. The fraction of sp³-hybridized carbons (Fsp3) is 0.529. The lowest BCUT2D eigenvalue weighted by atomic mass is 9.95. The molecular weight excluding hydrogens is 294 g/mol. The van der Waals surface area contributed by atoms with Crippen LogP contribution in [0.25, 0.3) is 0 Å². The maximum absolute atomic E-state index is 11.2. The summed E-state index contributed by atoms with van der Waals surface area (Å²) in [6.45, 7) is 0.812. The van der Waals surface area contributed by atoms with Gasteiger partial charge >= 0.3 is 0 Å². The number of aldehydes is 1. The minimum absolute atomic E-state index is 0.261. The quantitative estimate of drug-likeness (QED) is 0.335. The van der Waals surface area contributed by atoms with Crippen LogP contribution in [0.15, 0.2) is 24.3 Å². The molecule has 1 aliphatic carbocycles. The molecule has 0 aromatic heterocycles. The van der Waals surface area contributed by atoms with E-state index in [1.807, 2.05) is 0 Å². The van der Waals surface area contributed by atoms with Crippen molar-refractivity contribution in [3.8, 4) is 0 Å². The molecule has 1 saturated carbocycles. The molecule has 1 atom stereocenters. The number of hydrogen-bond acceptors (Lipinski definition) is 5. The Morgan fingerprint density at radius 3 is 2.52 bits per heavy atom. The lowest BCUT2D eigenvalue weighted by molar-refractivity contribution is -0.108. The van der Waals surface area contributed by atoms with Crippen LogP contribution in [0, 0.1) is 0 Å². The average Bonchev–Trinajstić information content (AvgIpc) is 2.61. The number of hydrogen-bond donors (Lipinski definition) is 4. The van der Waals surface area contributed by atoms with Crippen molar-refractivity contribution in [3.05, 3.63) is 29.8 Å².